The van der Waals surface area contributed by atoms with Crippen LogP contribution in [0.15, 0.2) is 36.4 Å². The molecule has 0 fully saturated rings. The summed E-state index contributed by atoms with van der Waals surface area (Å²) in [6.07, 6.45) is 0.536. The zero-order valence-corrected chi connectivity index (χ0v) is 12.3. The zero-order chi connectivity index (χ0) is 15.4. The molecular weight excluding hydrogens is 296 g/mol. The molecule has 0 saturated heterocycles. The summed E-state index contributed by atoms with van der Waals surface area (Å²) in [5.74, 6) is -0.539. The van der Waals surface area contributed by atoms with Crippen molar-refractivity contribution >= 4 is 11.6 Å². The number of rotatable bonds is 5. The zero-order valence-electron chi connectivity index (χ0n) is 11.6. The summed E-state index contributed by atoms with van der Waals surface area (Å²) in [5, 5.41) is 0.280. The Kier molecular flexibility index (Phi) is 5.15. The first-order valence-electron chi connectivity index (χ1n) is 6.56. The van der Waals surface area contributed by atoms with Gasteiger partial charge in [-0.3, -0.25) is 0 Å². The summed E-state index contributed by atoms with van der Waals surface area (Å²) in [6.45, 7) is 1.77. The second kappa shape index (κ2) is 6.87. The summed E-state index contributed by atoms with van der Waals surface area (Å²) >= 11 is 5.92. The van der Waals surface area contributed by atoms with Crippen LogP contribution < -0.4 is 10.5 Å². The third-order valence-corrected chi connectivity index (χ3v) is 3.29. The second-order valence-electron chi connectivity index (χ2n) is 4.97. The van der Waals surface area contributed by atoms with Crippen LogP contribution in [0.1, 0.15) is 18.1 Å². The molecule has 0 radical (unpaired) electrons. The molecule has 0 aliphatic heterocycles. The van der Waals surface area contributed by atoms with Crippen molar-refractivity contribution in [2.45, 2.75) is 26.0 Å². The van der Waals surface area contributed by atoms with Crippen molar-refractivity contribution in [3.63, 3.8) is 0 Å². The second-order valence-corrected chi connectivity index (χ2v) is 5.37. The van der Waals surface area contributed by atoms with Crippen LogP contribution in [0.5, 0.6) is 5.75 Å². The summed E-state index contributed by atoms with van der Waals surface area (Å²) in [7, 11) is 0. The van der Waals surface area contributed by atoms with Gasteiger partial charge >= 0.3 is 0 Å². The van der Waals surface area contributed by atoms with E-state index in [1.54, 1.807) is 12.1 Å². The van der Waals surface area contributed by atoms with E-state index in [9.17, 15) is 8.78 Å². The molecule has 21 heavy (non-hydrogen) atoms. The van der Waals surface area contributed by atoms with Crippen molar-refractivity contribution in [3.05, 3.63) is 64.2 Å². The highest BCUT2D eigenvalue weighted by molar-refractivity contribution is 6.31. The van der Waals surface area contributed by atoms with E-state index in [4.69, 9.17) is 22.1 Å². The number of halogens is 3. The standard InChI is InChI=1S/C16H16ClF2NO/c1-10(20)5-11-6-12(18)8-13(7-11)21-9-14-15(17)3-2-4-16(14)19/h2-4,6-8,10H,5,9,20H2,1H3. The summed E-state index contributed by atoms with van der Waals surface area (Å²) in [4.78, 5) is 0. The van der Waals surface area contributed by atoms with E-state index in [0.717, 1.165) is 5.56 Å². The first kappa shape index (κ1) is 15.7. The molecule has 0 heterocycles. The molecule has 1 atom stereocenters. The highest BCUT2D eigenvalue weighted by Gasteiger charge is 2.09. The van der Waals surface area contributed by atoms with E-state index in [1.807, 2.05) is 6.92 Å². The molecule has 0 bridgehead atoms. The van der Waals surface area contributed by atoms with Gasteiger partial charge in [0.25, 0.3) is 0 Å². The van der Waals surface area contributed by atoms with Crippen LogP contribution in [0.2, 0.25) is 5.02 Å². The molecule has 0 aliphatic carbocycles. The Morgan fingerprint density at radius 3 is 2.67 bits per heavy atom. The van der Waals surface area contributed by atoms with Crippen molar-refractivity contribution in [1.29, 1.82) is 0 Å². The lowest BCUT2D eigenvalue weighted by Crippen LogP contribution is -2.17. The smallest absolute Gasteiger partial charge is 0.131 e. The van der Waals surface area contributed by atoms with Crippen molar-refractivity contribution < 1.29 is 13.5 Å². The molecule has 0 spiro atoms. The van der Waals surface area contributed by atoms with E-state index in [1.165, 1.54) is 24.3 Å². The third kappa shape index (κ3) is 4.41. The third-order valence-electron chi connectivity index (χ3n) is 2.93. The van der Waals surface area contributed by atoms with Crippen LogP contribution in [-0.2, 0) is 13.0 Å². The van der Waals surface area contributed by atoms with Crippen LogP contribution >= 0.6 is 11.6 Å². The van der Waals surface area contributed by atoms with Crippen LogP contribution in [0.3, 0.4) is 0 Å². The van der Waals surface area contributed by atoms with Gasteiger partial charge in [-0.25, -0.2) is 8.78 Å². The van der Waals surface area contributed by atoms with E-state index < -0.39 is 11.6 Å². The van der Waals surface area contributed by atoms with E-state index in [0.29, 0.717) is 12.2 Å². The van der Waals surface area contributed by atoms with Gasteiger partial charge in [0.05, 0.1) is 5.02 Å². The lowest BCUT2D eigenvalue weighted by molar-refractivity contribution is 0.298. The molecule has 0 saturated carbocycles. The Morgan fingerprint density at radius 1 is 1.24 bits per heavy atom. The molecule has 0 amide bonds. The highest BCUT2D eigenvalue weighted by atomic mass is 35.5. The maximum Gasteiger partial charge on any atom is 0.131 e. The molecule has 112 valence electrons. The highest BCUT2D eigenvalue weighted by Crippen LogP contribution is 2.23. The minimum Gasteiger partial charge on any atom is -0.489 e. The van der Waals surface area contributed by atoms with E-state index in [2.05, 4.69) is 0 Å². The quantitative estimate of drug-likeness (QED) is 0.902. The number of hydrogen-bond acceptors (Lipinski definition) is 2. The van der Waals surface area contributed by atoms with Crippen molar-refractivity contribution in [1.82, 2.24) is 0 Å². The van der Waals surface area contributed by atoms with Crippen molar-refractivity contribution in [2.24, 2.45) is 5.73 Å². The largest absolute Gasteiger partial charge is 0.489 e. The molecule has 0 aliphatic rings. The van der Waals surface area contributed by atoms with Crippen LogP contribution in [0.25, 0.3) is 0 Å². The first-order chi connectivity index (χ1) is 9.95. The van der Waals surface area contributed by atoms with Crippen LogP contribution in [-0.4, -0.2) is 6.04 Å². The predicted molar refractivity (Wildman–Crippen MR) is 79.5 cm³/mol. The van der Waals surface area contributed by atoms with Gasteiger partial charge < -0.3 is 10.5 Å². The molecule has 2 nitrogen and oxygen atoms in total. The molecule has 5 heteroatoms. The molecule has 2 aromatic rings. The van der Waals surface area contributed by atoms with Gasteiger partial charge in [0.1, 0.15) is 24.0 Å². The maximum atomic E-state index is 13.6. The SMILES string of the molecule is CC(N)Cc1cc(F)cc(OCc2c(F)cccc2Cl)c1. The predicted octanol–water partition coefficient (Wildman–Crippen LogP) is 4.09. The average Bonchev–Trinajstić information content (AvgIpc) is 2.36. The van der Waals surface area contributed by atoms with Crippen LogP contribution in [0, 0.1) is 11.6 Å². The lowest BCUT2D eigenvalue weighted by atomic mass is 10.1. The number of hydrogen-bond donors (Lipinski definition) is 1. The fourth-order valence-corrected chi connectivity index (χ4v) is 2.24. The Balaban J connectivity index is 2.14. The van der Waals surface area contributed by atoms with Crippen LogP contribution in [0.4, 0.5) is 8.78 Å². The summed E-state index contributed by atoms with van der Waals surface area (Å²) in [5.41, 5.74) is 6.68. The number of benzene rings is 2. The molecule has 1 unspecified atom stereocenters. The molecule has 2 N–H and O–H groups in total. The molecule has 2 rings (SSSR count). The van der Waals surface area contributed by atoms with Gasteiger partial charge in [0.2, 0.25) is 0 Å². The fraction of sp³-hybridized carbons (Fsp3) is 0.250. The minimum atomic E-state index is -0.449. The van der Waals surface area contributed by atoms with Crippen molar-refractivity contribution in [3.8, 4) is 5.75 Å². The topological polar surface area (TPSA) is 35.2 Å². The van der Waals surface area contributed by atoms with Gasteiger partial charge in [0, 0.05) is 17.7 Å². The normalized spacial score (nSPS) is 12.2. The molecule has 0 aromatic heterocycles. The Hall–Kier alpha value is -1.65. The van der Waals surface area contributed by atoms with Crippen molar-refractivity contribution in [2.75, 3.05) is 0 Å². The average molecular weight is 312 g/mol. The maximum absolute atomic E-state index is 13.6. The van der Waals surface area contributed by atoms with E-state index in [-0.39, 0.29) is 23.2 Å². The minimum absolute atomic E-state index is 0.0629. The first-order valence-corrected chi connectivity index (χ1v) is 6.94. The van der Waals surface area contributed by atoms with Gasteiger partial charge in [-0.1, -0.05) is 17.7 Å². The molecule has 2 aromatic carbocycles. The van der Waals surface area contributed by atoms with E-state index >= 15 is 0 Å². The fourth-order valence-electron chi connectivity index (χ4n) is 2.02. The van der Waals surface area contributed by atoms with Gasteiger partial charge in [-0.05, 0) is 43.2 Å². The molecular formula is C16H16ClF2NO. The Morgan fingerprint density at radius 2 is 2.00 bits per heavy atom. The van der Waals surface area contributed by atoms with Gasteiger partial charge in [0.15, 0.2) is 0 Å². The monoisotopic (exact) mass is 311 g/mol. The lowest BCUT2D eigenvalue weighted by Gasteiger charge is -2.11. The van der Waals surface area contributed by atoms with Gasteiger partial charge in [-0.15, -0.1) is 0 Å². The summed E-state index contributed by atoms with van der Waals surface area (Å²) in [6, 6.07) is 8.67. The number of nitrogens with two attached hydrogens (primary N) is 1. The Bertz CT molecular complexity index is 611. The Labute approximate surface area is 127 Å². The number of ether oxygens (including phenoxy) is 1. The van der Waals surface area contributed by atoms with Gasteiger partial charge in [-0.2, -0.15) is 0 Å². The summed E-state index contributed by atoms with van der Waals surface area (Å²) < 4.78 is 32.6.